The highest BCUT2D eigenvalue weighted by Gasteiger charge is 2.23. The number of hydrogen-bond donors (Lipinski definition) is 2. The second kappa shape index (κ2) is 7.16. The number of carbonyl (C=O) groups is 1. The first-order valence-corrected chi connectivity index (χ1v) is 7.98. The third-order valence-corrected chi connectivity index (χ3v) is 4.18. The van der Waals surface area contributed by atoms with E-state index in [2.05, 4.69) is 26.8 Å². The first kappa shape index (κ1) is 16.0. The van der Waals surface area contributed by atoms with Gasteiger partial charge < -0.3 is 15.5 Å². The quantitative estimate of drug-likeness (QED) is 0.640. The van der Waals surface area contributed by atoms with Crippen molar-refractivity contribution in [2.75, 3.05) is 25.0 Å². The maximum absolute atomic E-state index is 12.5. The van der Waals surface area contributed by atoms with Crippen LogP contribution in [-0.4, -0.2) is 41.8 Å². The van der Waals surface area contributed by atoms with Crippen molar-refractivity contribution in [1.29, 1.82) is 0 Å². The SMILES string of the molecule is CN=C(NCC(=O)N1CCc2ccccc21)NCc1ccnn1C. The van der Waals surface area contributed by atoms with E-state index in [9.17, 15) is 4.79 Å². The number of aryl methyl sites for hydroxylation is 1. The summed E-state index contributed by atoms with van der Waals surface area (Å²) in [7, 11) is 3.58. The van der Waals surface area contributed by atoms with Crippen LogP contribution in [0.15, 0.2) is 41.5 Å². The molecule has 1 aliphatic rings. The smallest absolute Gasteiger partial charge is 0.246 e. The number of nitrogens with one attached hydrogen (secondary N) is 2. The average molecular weight is 326 g/mol. The molecule has 0 aliphatic carbocycles. The van der Waals surface area contributed by atoms with Crippen LogP contribution in [0.5, 0.6) is 0 Å². The first-order chi connectivity index (χ1) is 11.7. The fourth-order valence-electron chi connectivity index (χ4n) is 2.82. The van der Waals surface area contributed by atoms with E-state index in [-0.39, 0.29) is 12.5 Å². The van der Waals surface area contributed by atoms with Crippen LogP contribution in [0.4, 0.5) is 5.69 Å². The Morgan fingerprint density at radius 1 is 1.29 bits per heavy atom. The molecule has 0 saturated heterocycles. The molecule has 0 atom stereocenters. The van der Waals surface area contributed by atoms with Gasteiger partial charge in [-0.2, -0.15) is 5.10 Å². The van der Waals surface area contributed by atoms with Crippen LogP contribution in [0.1, 0.15) is 11.3 Å². The molecule has 2 N–H and O–H groups in total. The summed E-state index contributed by atoms with van der Waals surface area (Å²) in [4.78, 5) is 18.5. The molecule has 0 fully saturated rings. The number of hydrogen-bond acceptors (Lipinski definition) is 3. The highest BCUT2D eigenvalue weighted by Crippen LogP contribution is 2.27. The number of nitrogens with zero attached hydrogens (tertiary/aromatic N) is 4. The average Bonchev–Trinajstić information content (AvgIpc) is 3.21. The minimum atomic E-state index is 0.0448. The Labute approximate surface area is 141 Å². The summed E-state index contributed by atoms with van der Waals surface area (Å²) in [6.07, 6.45) is 2.66. The van der Waals surface area contributed by atoms with Crippen molar-refractivity contribution in [2.24, 2.45) is 12.0 Å². The molecule has 7 nitrogen and oxygen atoms in total. The molecule has 7 heteroatoms. The van der Waals surface area contributed by atoms with Crippen molar-refractivity contribution in [3.05, 3.63) is 47.8 Å². The number of carbonyl (C=O) groups excluding carboxylic acids is 1. The molecule has 1 aliphatic heterocycles. The van der Waals surface area contributed by atoms with Crippen molar-refractivity contribution >= 4 is 17.6 Å². The highest BCUT2D eigenvalue weighted by atomic mass is 16.2. The third-order valence-electron chi connectivity index (χ3n) is 4.18. The van der Waals surface area contributed by atoms with Gasteiger partial charge in [-0.3, -0.25) is 14.5 Å². The van der Waals surface area contributed by atoms with Gasteiger partial charge in [0.05, 0.1) is 18.8 Å². The number of para-hydroxylation sites is 1. The summed E-state index contributed by atoms with van der Waals surface area (Å²) >= 11 is 0. The van der Waals surface area contributed by atoms with E-state index in [0.29, 0.717) is 12.5 Å². The van der Waals surface area contributed by atoms with E-state index < -0.39 is 0 Å². The number of guanidine groups is 1. The molecule has 24 heavy (non-hydrogen) atoms. The summed E-state index contributed by atoms with van der Waals surface area (Å²) in [6, 6.07) is 9.98. The van der Waals surface area contributed by atoms with Gasteiger partial charge in [-0.1, -0.05) is 18.2 Å². The molecule has 0 bridgehead atoms. The Morgan fingerprint density at radius 3 is 2.88 bits per heavy atom. The lowest BCUT2D eigenvalue weighted by Gasteiger charge is -2.18. The van der Waals surface area contributed by atoms with E-state index >= 15 is 0 Å². The minimum absolute atomic E-state index is 0.0448. The lowest BCUT2D eigenvalue weighted by atomic mass is 10.2. The fourth-order valence-corrected chi connectivity index (χ4v) is 2.82. The molecule has 0 spiro atoms. The zero-order valence-corrected chi connectivity index (χ0v) is 14.0. The van der Waals surface area contributed by atoms with Crippen LogP contribution < -0.4 is 15.5 Å². The van der Waals surface area contributed by atoms with Crippen LogP contribution in [-0.2, 0) is 24.8 Å². The Kier molecular flexibility index (Phi) is 4.79. The molecule has 0 unspecified atom stereocenters. The van der Waals surface area contributed by atoms with Crippen LogP contribution in [0, 0.1) is 0 Å². The summed E-state index contributed by atoms with van der Waals surface area (Å²) in [5.74, 6) is 0.639. The number of benzene rings is 1. The van der Waals surface area contributed by atoms with Crippen molar-refractivity contribution < 1.29 is 4.79 Å². The molecule has 1 amide bonds. The van der Waals surface area contributed by atoms with Crippen LogP contribution in [0.25, 0.3) is 0 Å². The van der Waals surface area contributed by atoms with Gasteiger partial charge in [0.15, 0.2) is 5.96 Å². The maximum Gasteiger partial charge on any atom is 0.246 e. The molecule has 1 aromatic carbocycles. The van der Waals surface area contributed by atoms with Crippen molar-refractivity contribution in [3.63, 3.8) is 0 Å². The van der Waals surface area contributed by atoms with Crippen LogP contribution in [0.3, 0.4) is 0 Å². The predicted molar refractivity (Wildman–Crippen MR) is 93.9 cm³/mol. The van der Waals surface area contributed by atoms with Gasteiger partial charge in [-0.15, -0.1) is 0 Å². The second-order valence-corrected chi connectivity index (χ2v) is 5.65. The minimum Gasteiger partial charge on any atom is -0.351 e. The molecule has 126 valence electrons. The summed E-state index contributed by atoms with van der Waals surface area (Å²) in [5, 5.41) is 10.4. The number of aliphatic imine (C=N–C) groups is 1. The number of rotatable bonds is 4. The Balaban J connectivity index is 1.53. The molecule has 3 rings (SSSR count). The van der Waals surface area contributed by atoms with E-state index in [1.165, 1.54) is 5.56 Å². The number of anilines is 1. The lowest BCUT2D eigenvalue weighted by Crippen LogP contribution is -2.44. The normalized spacial score (nSPS) is 13.8. The molecule has 2 heterocycles. The van der Waals surface area contributed by atoms with E-state index in [4.69, 9.17) is 0 Å². The summed E-state index contributed by atoms with van der Waals surface area (Å²) < 4.78 is 1.80. The highest BCUT2D eigenvalue weighted by molar-refractivity contribution is 5.98. The Bertz CT molecular complexity index is 751. The van der Waals surface area contributed by atoms with Gasteiger partial charge in [0.2, 0.25) is 5.91 Å². The monoisotopic (exact) mass is 326 g/mol. The van der Waals surface area contributed by atoms with Crippen molar-refractivity contribution in [3.8, 4) is 0 Å². The maximum atomic E-state index is 12.5. The van der Waals surface area contributed by atoms with Crippen LogP contribution in [0.2, 0.25) is 0 Å². The van der Waals surface area contributed by atoms with Gasteiger partial charge >= 0.3 is 0 Å². The number of fused-ring (bicyclic) bond motifs is 1. The molecular formula is C17H22N6O. The fraction of sp³-hybridized carbons (Fsp3) is 0.353. The lowest BCUT2D eigenvalue weighted by molar-refractivity contribution is -0.117. The van der Waals surface area contributed by atoms with E-state index in [1.54, 1.807) is 17.9 Å². The zero-order chi connectivity index (χ0) is 16.9. The number of amides is 1. The van der Waals surface area contributed by atoms with Gasteiger partial charge in [0.1, 0.15) is 0 Å². The Hall–Kier alpha value is -2.83. The Morgan fingerprint density at radius 2 is 2.12 bits per heavy atom. The molecule has 2 aromatic rings. The van der Waals surface area contributed by atoms with E-state index in [0.717, 1.165) is 24.3 Å². The molecule has 0 radical (unpaired) electrons. The van der Waals surface area contributed by atoms with Gasteiger partial charge in [-0.05, 0) is 24.1 Å². The number of aromatic nitrogens is 2. The standard InChI is InChI=1S/C17H22N6O/c1-18-17(19-11-14-7-9-21-22(14)2)20-12-16(24)23-10-8-13-5-3-4-6-15(13)23/h3-7,9H,8,10-12H2,1-2H3,(H2,18,19,20). The third kappa shape index (κ3) is 3.40. The predicted octanol–water partition coefficient (Wildman–Crippen LogP) is 0.674. The second-order valence-electron chi connectivity index (χ2n) is 5.65. The van der Waals surface area contributed by atoms with Crippen LogP contribution >= 0.6 is 0 Å². The molecule has 0 saturated carbocycles. The largest absolute Gasteiger partial charge is 0.351 e. The first-order valence-electron chi connectivity index (χ1n) is 7.98. The molecule has 1 aromatic heterocycles. The van der Waals surface area contributed by atoms with Crippen molar-refractivity contribution in [2.45, 2.75) is 13.0 Å². The van der Waals surface area contributed by atoms with Gasteiger partial charge in [-0.25, -0.2) is 0 Å². The van der Waals surface area contributed by atoms with Gasteiger partial charge in [0.25, 0.3) is 0 Å². The van der Waals surface area contributed by atoms with Crippen molar-refractivity contribution in [1.82, 2.24) is 20.4 Å². The summed E-state index contributed by atoms with van der Waals surface area (Å²) in [5.41, 5.74) is 3.28. The topological polar surface area (TPSA) is 74.6 Å². The molecular weight excluding hydrogens is 304 g/mol. The van der Waals surface area contributed by atoms with Gasteiger partial charge in [0, 0.05) is 32.5 Å². The van der Waals surface area contributed by atoms with E-state index in [1.807, 2.05) is 36.2 Å². The summed E-state index contributed by atoms with van der Waals surface area (Å²) in [6.45, 7) is 1.54. The zero-order valence-electron chi connectivity index (χ0n) is 14.0.